The zero-order chi connectivity index (χ0) is 19.4. The van der Waals surface area contributed by atoms with Gasteiger partial charge in [0.25, 0.3) is 0 Å². The van der Waals surface area contributed by atoms with Crippen LogP contribution in [0.1, 0.15) is 38.1 Å². The fraction of sp³-hybridized carbons (Fsp3) is 0.500. The maximum Gasteiger partial charge on any atom is 0.338 e. The van der Waals surface area contributed by atoms with Crippen molar-refractivity contribution >= 4 is 35.2 Å². The number of nitrogens with one attached hydrogen (secondary N) is 2. The molecule has 1 fully saturated rings. The largest absolute Gasteiger partial charge is 0.459 e. The van der Waals surface area contributed by atoms with Gasteiger partial charge in [-0.2, -0.15) is 0 Å². The maximum absolute atomic E-state index is 12.7. The Morgan fingerprint density at radius 1 is 1.31 bits per heavy atom. The van der Waals surface area contributed by atoms with Crippen LogP contribution in [0.4, 0.5) is 10.5 Å². The summed E-state index contributed by atoms with van der Waals surface area (Å²) in [5.74, 6) is -0.713. The maximum atomic E-state index is 12.7. The molecule has 1 heterocycles. The Labute approximate surface area is 158 Å². The minimum Gasteiger partial charge on any atom is -0.459 e. The molecular formula is C18H24ClN3O4. The molecule has 7 nitrogen and oxygen atoms in total. The van der Waals surface area contributed by atoms with E-state index in [9.17, 15) is 14.4 Å². The summed E-state index contributed by atoms with van der Waals surface area (Å²) in [6, 6.07) is 3.54. The first-order valence-corrected chi connectivity index (χ1v) is 8.94. The molecule has 0 saturated carbocycles. The molecule has 1 atom stereocenters. The van der Waals surface area contributed by atoms with Crippen LogP contribution in [0.3, 0.4) is 0 Å². The summed E-state index contributed by atoms with van der Waals surface area (Å²) in [5.41, 5.74) is 0.582. The lowest BCUT2D eigenvalue weighted by molar-refractivity contribution is -0.129. The van der Waals surface area contributed by atoms with Crippen molar-refractivity contribution in [3.8, 4) is 0 Å². The van der Waals surface area contributed by atoms with Gasteiger partial charge in [0.15, 0.2) is 0 Å². The zero-order valence-electron chi connectivity index (χ0n) is 15.3. The number of halogens is 1. The van der Waals surface area contributed by atoms with Crippen molar-refractivity contribution in [1.82, 2.24) is 10.2 Å². The molecule has 0 spiro atoms. The first-order valence-electron chi connectivity index (χ1n) is 8.56. The smallest absolute Gasteiger partial charge is 0.338 e. The number of hydrogen-bond acceptors (Lipinski definition) is 4. The van der Waals surface area contributed by atoms with Crippen LogP contribution in [0.25, 0.3) is 0 Å². The lowest BCUT2D eigenvalue weighted by Gasteiger charge is -2.37. The van der Waals surface area contributed by atoms with Gasteiger partial charge in [-0.15, -0.1) is 0 Å². The Kier molecular flexibility index (Phi) is 6.47. The van der Waals surface area contributed by atoms with Gasteiger partial charge in [0, 0.05) is 13.1 Å². The molecule has 0 bridgehead atoms. The van der Waals surface area contributed by atoms with Crippen LogP contribution < -0.4 is 10.6 Å². The fourth-order valence-corrected chi connectivity index (χ4v) is 2.96. The molecule has 1 aliphatic heterocycles. The highest BCUT2D eigenvalue weighted by atomic mass is 35.5. The third kappa shape index (κ3) is 4.66. The molecular weight excluding hydrogens is 358 g/mol. The molecule has 1 aromatic carbocycles. The topological polar surface area (TPSA) is 87.7 Å². The van der Waals surface area contributed by atoms with E-state index in [1.165, 1.54) is 23.1 Å². The van der Waals surface area contributed by atoms with Crippen LogP contribution >= 0.6 is 11.6 Å². The average Bonchev–Trinajstić information content (AvgIpc) is 2.55. The van der Waals surface area contributed by atoms with Crippen LogP contribution in [0.15, 0.2) is 18.2 Å². The molecule has 1 aromatic rings. The summed E-state index contributed by atoms with van der Waals surface area (Å²) < 4.78 is 5.16. The van der Waals surface area contributed by atoms with E-state index in [0.29, 0.717) is 23.8 Å². The molecule has 2 rings (SSSR count). The number of rotatable bonds is 4. The summed E-state index contributed by atoms with van der Waals surface area (Å²) >= 11 is 6.15. The lowest BCUT2D eigenvalue weighted by atomic mass is 10.00. The summed E-state index contributed by atoms with van der Waals surface area (Å²) in [4.78, 5) is 38.3. The highest BCUT2D eigenvalue weighted by Gasteiger charge is 2.35. The Bertz CT molecular complexity index is 706. The van der Waals surface area contributed by atoms with Crippen LogP contribution in [-0.2, 0) is 9.53 Å². The highest BCUT2D eigenvalue weighted by Crippen LogP contribution is 2.25. The first-order chi connectivity index (χ1) is 12.2. The van der Waals surface area contributed by atoms with Gasteiger partial charge in [-0.05, 0) is 38.0 Å². The molecule has 0 radical (unpaired) electrons. The van der Waals surface area contributed by atoms with Crippen molar-refractivity contribution in [3.63, 3.8) is 0 Å². The van der Waals surface area contributed by atoms with E-state index in [-0.39, 0.29) is 23.5 Å². The summed E-state index contributed by atoms with van der Waals surface area (Å²) in [7, 11) is 0. The monoisotopic (exact) mass is 381 g/mol. The van der Waals surface area contributed by atoms with Crippen LogP contribution in [0, 0.1) is 5.92 Å². The number of urea groups is 1. The first kappa shape index (κ1) is 20.0. The number of benzene rings is 1. The summed E-state index contributed by atoms with van der Waals surface area (Å²) in [6.07, 6.45) is -0.255. The van der Waals surface area contributed by atoms with E-state index in [1.54, 1.807) is 13.8 Å². The van der Waals surface area contributed by atoms with Gasteiger partial charge < -0.3 is 20.3 Å². The number of ether oxygens (including phenoxy) is 1. The molecule has 1 aliphatic rings. The zero-order valence-corrected chi connectivity index (χ0v) is 16.1. The van der Waals surface area contributed by atoms with Gasteiger partial charge in [-0.3, -0.25) is 4.79 Å². The third-order valence-corrected chi connectivity index (χ3v) is 4.26. The van der Waals surface area contributed by atoms with E-state index in [4.69, 9.17) is 16.3 Å². The Hall–Kier alpha value is -2.28. The summed E-state index contributed by atoms with van der Waals surface area (Å²) in [6.45, 7) is 8.06. The predicted octanol–water partition coefficient (Wildman–Crippen LogP) is 2.89. The molecule has 2 N–H and O–H groups in total. The second-order valence-corrected chi connectivity index (χ2v) is 7.16. The minimum atomic E-state index is -0.559. The van der Waals surface area contributed by atoms with E-state index in [1.807, 2.05) is 13.8 Å². The van der Waals surface area contributed by atoms with Gasteiger partial charge in [0.1, 0.15) is 6.04 Å². The van der Waals surface area contributed by atoms with Crippen molar-refractivity contribution in [3.05, 3.63) is 28.8 Å². The number of carbonyl (C=O) groups is 3. The third-order valence-electron chi connectivity index (χ3n) is 3.94. The normalized spacial score (nSPS) is 17.3. The lowest BCUT2D eigenvalue weighted by Crippen LogP contribution is -2.60. The molecule has 3 amide bonds. The van der Waals surface area contributed by atoms with Crippen molar-refractivity contribution in [2.45, 2.75) is 39.8 Å². The van der Waals surface area contributed by atoms with Gasteiger partial charge in [0.05, 0.1) is 22.4 Å². The molecule has 26 heavy (non-hydrogen) atoms. The fourth-order valence-electron chi connectivity index (χ4n) is 2.79. The second kappa shape index (κ2) is 8.40. The number of hydrogen-bond donors (Lipinski definition) is 2. The SMILES string of the molecule is CC(C)OC(=O)c1ccc(Cl)c(NC(=O)N2CCNC(=O)[C@H]2C(C)C)c1. The molecule has 1 saturated heterocycles. The number of anilines is 1. The molecule has 0 unspecified atom stereocenters. The number of esters is 1. The Morgan fingerprint density at radius 2 is 2.00 bits per heavy atom. The van der Waals surface area contributed by atoms with E-state index < -0.39 is 18.0 Å². The predicted molar refractivity (Wildman–Crippen MR) is 99.4 cm³/mol. The molecule has 0 aliphatic carbocycles. The Morgan fingerprint density at radius 3 is 2.62 bits per heavy atom. The highest BCUT2D eigenvalue weighted by molar-refractivity contribution is 6.33. The number of piperazine rings is 1. The van der Waals surface area contributed by atoms with E-state index in [0.717, 1.165) is 0 Å². The average molecular weight is 382 g/mol. The number of amides is 3. The van der Waals surface area contributed by atoms with Crippen LogP contribution in [0.2, 0.25) is 5.02 Å². The van der Waals surface area contributed by atoms with Crippen molar-refractivity contribution in [2.24, 2.45) is 5.92 Å². The molecule has 142 valence electrons. The van der Waals surface area contributed by atoms with E-state index in [2.05, 4.69) is 10.6 Å². The van der Waals surface area contributed by atoms with Crippen LogP contribution in [0.5, 0.6) is 0 Å². The Balaban J connectivity index is 2.20. The number of carbonyl (C=O) groups excluding carboxylic acids is 3. The van der Waals surface area contributed by atoms with Crippen molar-refractivity contribution in [1.29, 1.82) is 0 Å². The van der Waals surface area contributed by atoms with E-state index >= 15 is 0 Å². The minimum absolute atomic E-state index is 0.0381. The van der Waals surface area contributed by atoms with Gasteiger partial charge in [-0.25, -0.2) is 9.59 Å². The van der Waals surface area contributed by atoms with Gasteiger partial charge in [0.2, 0.25) is 5.91 Å². The standard InChI is InChI=1S/C18H24ClN3O4/c1-10(2)15-16(23)20-7-8-22(15)18(25)21-14-9-12(5-6-13(14)19)17(24)26-11(3)4/h5-6,9-11,15H,7-8H2,1-4H3,(H,20,23)(H,21,25)/t15-/m1/s1. The van der Waals surface area contributed by atoms with Gasteiger partial charge in [-0.1, -0.05) is 25.4 Å². The quantitative estimate of drug-likeness (QED) is 0.785. The second-order valence-electron chi connectivity index (χ2n) is 6.75. The summed E-state index contributed by atoms with van der Waals surface area (Å²) in [5, 5.41) is 5.76. The number of nitrogens with zero attached hydrogens (tertiary/aromatic N) is 1. The molecule has 8 heteroatoms. The van der Waals surface area contributed by atoms with Crippen molar-refractivity contribution < 1.29 is 19.1 Å². The van der Waals surface area contributed by atoms with Crippen molar-refractivity contribution in [2.75, 3.05) is 18.4 Å². The molecule has 0 aromatic heterocycles. The van der Waals surface area contributed by atoms with Crippen LogP contribution in [-0.4, -0.2) is 48.0 Å². The van der Waals surface area contributed by atoms with Gasteiger partial charge >= 0.3 is 12.0 Å².